The molecule has 1 aromatic carbocycles. The number of benzene rings is 1. The van der Waals surface area contributed by atoms with Crippen LogP contribution in [0.25, 0.3) is 0 Å². The summed E-state index contributed by atoms with van der Waals surface area (Å²) in [6, 6.07) is 3.92. The molecule has 10 heteroatoms. The van der Waals surface area contributed by atoms with Crippen molar-refractivity contribution in [1.82, 2.24) is 14.5 Å². The van der Waals surface area contributed by atoms with Gasteiger partial charge in [-0.25, -0.2) is 8.42 Å². The maximum atomic E-state index is 12.9. The van der Waals surface area contributed by atoms with Crippen LogP contribution in [0.15, 0.2) is 29.2 Å². The highest BCUT2D eigenvalue weighted by molar-refractivity contribution is 7.89. The summed E-state index contributed by atoms with van der Waals surface area (Å²) in [4.78, 5) is 13.6. The van der Waals surface area contributed by atoms with Gasteiger partial charge in [0.1, 0.15) is 0 Å². The average Bonchev–Trinajstić information content (AvgIpc) is 3.46. The van der Waals surface area contributed by atoms with Crippen LogP contribution in [-0.2, 0) is 21.0 Å². The minimum absolute atomic E-state index is 0.0893. The molecule has 0 radical (unpaired) electrons. The zero-order valence-corrected chi connectivity index (χ0v) is 16.4. The molecule has 1 saturated heterocycles. The van der Waals surface area contributed by atoms with Crippen molar-refractivity contribution in [3.8, 4) is 0 Å². The lowest BCUT2D eigenvalue weighted by molar-refractivity contribution is -0.137. The third-order valence-electron chi connectivity index (χ3n) is 5.22. The smallest absolute Gasteiger partial charge is 0.352 e. The summed E-state index contributed by atoms with van der Waals surface area (Å²) < 4.78 is 65.1. The monoisotopic (exact) mass is 419 g/mol. The summed E-state index contributed by atoms with van der Waals surface area (Å²) in [7, 11) is -4.01. The molecule has 1 N–H and O–H groups in total. The predicted molar refractivity (Wildman–Crippen MR) is 97.0 cm³/mol. The van der Waals surface area contributed by atoms with E-state index in [-0.39, 0.29) is 36.5 Å². The molecule has 0 bridgehead atoms. The van der Waals surface area contributed by atoms with Crippen molar-refractivity contribution in [2.45, 2.75) is 36.9 Å². The minimum atomic E-state index is -4.60. The molecule has 1 aliphatic carbocycles. The van der Waals surface area contributed by atoms with E-state index < -0.39 is 21.8 Å². The Morgan fingerprint density at radius 3 is 2.43 bits per heavy atom. The highest BCUT2D eigenvalue weighted by atomic mass is 32.2. The lowest BCUT2D eigenvalue weighted by atomic mass is 10.2. The van der Waals surface area contributed by atoms with Crippen LogP contribution in [0.5, 0.6) is 0 Å². The molecule has 1 amide bonds. The Balaban J connectivity index is 1.57. The normalized spacial score (nSPS) is 20.7. The van der Waals surface area contributed by atoms with Gasteiger partial charge in [0, 0.05) is 32.2 Å². The maximum Gasteiger partial charge on any atom is 0.416 e. The third-order valence-corrected chi connectivity index (χ3v) is 7.11. The number of amides is 1. The number of halogens is 3. The standard InChI is InChI=1S/C18H24F3N3O3S/c1-13(14-5-6-14)22-17(25)12-23-7-9-24(10-8-23)28(26,27)16-4-2-3-15(11-16)18(19,20)21/h2-4,11,13-14H,5-10,12H2,1H3,(H,22,25)/t13-/m1/s1. The van der Waals surface area contributed by atoms with Crippen LogP contribution in [0.1, 0.15) is 25.3 Å². The van der Waals surface area contributed by atoms with Gasteiger partial charge in [-0.1, -0.05) is 6.07 Å². The summed E-state index contributed by atoms with van der Waals surface area (Å²) >= 11 is 0. The molecule has 3 rings (SSSR count). The summed E-state index contributed by atoms with van der Waals surface area (Å²) in [5.74, 6) is 0.465. The van der Waals surface area contributed by atoms with Gasteiger partial charge in [0.25, 0.3) is 0 Å². The number of nitrogens with zero attached hydrogens (tertiary/aromatic N) is 2. The molecule has 2 fully saturated rings. The summed E-state index contributed by atoms with van der Waals surface area (Å²) in [5.41, 5.74) is -0.992. The molecule has 1 aromatic rings. The van der Waals surface area contributed by atoms with E-state index in [4.69, 9.17) is 0 Å². The first kappa shape index (κ1) is 21.1. The van der Waals surface area contributed by atoms with Crippen LogP contribution in [0, 0.1) is 5.92 Å². The van der Waals surface area contributed by atoms with Crippen LogP contribution in [0.4, 0.5) is 13.2 Å². The largest absolute Gasteiger partial charge is 0.416 e. The van der Waals surface area contributed by atoms with E-state index in [0.717, 1.165) is 25.0 Å². The first-order chi connectivity index (χ1) is 13.1. The topological polar surface area (TPSA) is 69.7 Å². The molecule has 28 heavy (non-hydrogen) atoms. The number of hydrogen-bond acceptors (Lipinski definition) is 4. The van der Waals surface area contributed by atoms with Crippen LogP contribution in [0.2, 0.25) is 0 Å². The Bertz CT molecular complexity index is 817. The number of piperazine rings is 1. The van der Waals surface area contributed by atoms with Crippen molar-refractivity contribution in [2.75, 3.05) is 32.7 Å². The fourth-order valence-corrected chi connectivity index (χ4v) is 4.80. The van der Waals surface area contributed by atoms with Crippen LogP contribution in [-0.4, -0.2) is 62.3 Å². The van der Waals surface area contributed by atoms with E-state index in [1.165, 1.54) is 10.4 Å². The summed E-state index contributed by atoms with van der Waals surface area (Å²) in [5, 5.41) is 2.96. The van der Waals surface area contributed by atoms with Crippen molar-refractivity contribution in [3.05, 3.63) is 29.8 Å². The average molecular weight is 419 g/mol. The van der Waals surface area contributed by atoms with E-state index in [9.17, 15) is 26.4 Å². The van der Waals surface area contributed by atoms with Gasteiger partial charge in [-0.15, -0.1) is 0 Å². The number of hydrogen-bond donors (Lipinski definition) is 1. The lowest BCUT2D eigenvalue weighted by Crippen LogP contribution is -2.51. The fraction of sp³-hybridized carbons (Fsp3) is 0.611. The second-order valence-corrected chi connectivity index (χ2v) is 9.34. The van der Waals surface area contributed by atoms with Gasteiger partial charge >= 0.3 is 6.18 Å². The van der Waals surface area contributed by atoms with Crippen molar-refractivity contribution >= 4 is 15.9 Å². The number of carbonyl (C=O) groups excluding carboxylic acids is 1. The molecule has 0 spiro atoms. The zero-order valence-electron chi connectivity index (χ0n) is 15.6. The van der Waals surface area contributed by atoms with Crippen molar-refractivity contribution in [3.63, 3.8) is 0 Å². The molecule has 0 aromatic heterocycles. The molecule has 1 saturated carbocycles. The number of nitrogens with one attached hydrogen (secondary N) is 1. The van der Waals surface area contributed by atoms with Crippen LogP contribution < -0.4 is 5.32 Å². The Labute approximate surface area is 162 Å². The molecule has 0 unspecified atom stereocenters. The molecule has 1 aliphatic heterocycles. The van der Waals surface area contributed by atoms with Gasteiger partial charge in [0.05, 0.1) is 17.0 Å². The maximum absolute atomic E-state index is 12.9. The molecular formula is C18H24F3N3O3S. The van der Waals surface area contributed by atoms with Gasteiger partial charge in [-0.05, 0) is 43.9 Å². The predicted octanol–water partition coefficient (Wildman–Crippen LogP) is 1.93. The van der Waals surface area contributed by atoms with Crippen LogP contribution in [0.3, 0.4) is 0 Å². The second kappa shape index (κ2) is 8.00. The van der Waals surface area contributed by atoms with Crippen molar-refractivity contribution in [1.29, 1.82) is 0 Å². The highest BCUT2D eigenvalue weighted by Crippen LogP contribution is 2.32. The molecule has 1 atom stereocenters. The van der Waals surface area contributed by atoms with Gasteiger partial charge in [-0.3, -0.25) is 9.69 Å². The quantitative estimate of drug-likeness (QED) is 0.765. The highest BCUT2D eigenvalue weighted by Gasteiger charge is 2.34. The van der Waals surface area contributed by atoms with Crippen molar-refractivity contribution < 1.29 is 26.4 Å². The van der Waals surface area contributed by atoms with E-state index in [0.29, 0.717) is 25.1 Å². The van der Waals surface area contributed by atoms with E-state index in [1.54, 1.807) is 0 Å². The molecule has 1 heterocycles. The number of alkyl halides is 3. The number of sulfonamides is 1. The lowest BCUT2D eigenvalue weighted by Gasteiger charge is -2.33. The zero-order chi connectivity index (χ0) is 20.5. The van der Waals surface area contributed by atoms with Gasteiger partial charge in [-0.2, -0.15) is 17.5 Å². The molecule has 156 valence electrons. The van der Waals surface area contributed by atoms with Crippen molar-refractivity contribution in [2.24, 2.45) is 5.92 Å². The number of rotatable bonds is 6. The third kappa shape index (κ3) is 5.03. The Morgan fingerprint density at radius 1 is 1.21 bits per heavy atom. The van der Waals surface area contributed by atoms with Crippen LogP contribution >= 0.6 is 0 Å². The first-order valence-corrected chi connectivity index (χ1v) is 10.7. The van der Waals surface area contributed by atoms with Gasteiger partial charge < -0.3 is 5.32 Å². The van der Waals surface area contributed by atoms with Gasteiger partial charge in [0.2, 0.25) is 15.9 Å². The summed E-state index contributed by atoms with van der Waals surface area (Å²) in [6.07, 6.45) is -2.34. The first-order valence-electron chi connectivity index (χ1n) is 9.26. The molecular weight excluding hydrogens is 395 g/mol. The minimum Gasteiger partial charge on any atom is -0.352 e. The van der Waals surface area contributed by atoms with E-state index in [2.05, 4.69) is 5.32 Å². The SMILES string of the molecule is C[C@@H](NC(=O)CN1CCN(S(=O)(=O)c2cccc(C(F)(F)F)c2)CC1)C1CC1. The Hall–Kier alpha value is -1.65. The van der Waals surface area contributed by atoms with E-state index >= 15 is 0 Å². The molecule has 2 aliphatic rings. The Morgan fingerprint density at radius 2 is 1.86 bits per heavy atom. The number of carbonyl (C=O) groups is 1. The van der Waals surface area contributed by atoms with Gasteiger partial charge in [0.15, 0.2) is 0 Å². The second-order valence-electron chi connectivity index (χ2n) is 7.40. The summed E-state index contributed by atoms with van der Waals surface area (Å²) in [6.45, 7) is 3.13. The van der Waals surface area contributed by atoms with E-state index in [1.807, 2.05) is 11.8 Å². The fourth-order valence-electron chi connectivity index (χ4n) is 3.33. The molecule has 6 nitrogen and oxygen atoms in total. The Kier molecular flexibility index (Phi) is 6.02.